The van der Waals surface area contributed by atoms with Crippen molar-refractivity contribution < 1.29 is 23.8 Å². The molecule has 1 aromatic heterocycles. The van der Waals surface area contributed by atoms with Crippen LogP contribution < -0.4 is 35.6 Å². The molecule has 3 aromatic rings. The molecule has 2 amide bonds. The minimum absolute atomic E-state index is 0.0998. The molecular formula is C32H41N5O6. The number of benzene rings is 1. The van der Waals surface area contributed by atoms with Gasteiger partial charge in [-0.3, -0.25) is 19.1 Å². The van der Waals surface area contributed by atoms with Crippen LogP contribution in [0.15, 0.2) is 35.1 Å². The van der Waals surface area contributed by atoms with Crippen molar-refractivity contribution in [2.45, 2.75) is 59.0 Å². The fourth-order valence-corrected chi connectivity index (χ4v) is 5.52. The Balaban J connectivity index is 1.86. The van der Waals surface area contributed by atoms with Crippen molar-refractivity contribution in [1.29, 1.82) is 0 Å². The summed E-state index contributed by atoms with van der Waals surface area (Å²) in [5.74, 6) is 1.27. The number of hydrogen-bond donors (Lipinski definition) is 3. The molecule has 1 aliphatic carbocycles. The van der Waals surface area contributed by atoms with Crippen LogP contribution in [0.3, 0.4) is 0 Å². The molecule has 0 saturated carbocycles. The van der Waals surface area contributed by atoms with Gasteiger partial charge >= 0.3 is 0 Å². The van der Waals surface area contributed by atoms with Gasteiger partial charge in [-0.1, -0.05) is 26.3 Å². The van der Waals surface area contributed by atoms with E-state index in [0.29, 0.717) is 53.5 Å². The molecule has 1 aliphatic rings. The van der Waals surface area contributed by atoms with Gasteiger partial charge in [-0.05, 0) is 60.6 Å². The number of rotatable bonds is 10. The number of nitrogens with one attached hydrogen (secondary N) is 3. The lowest BCUT2D eigenvalue weighted by molar-refractivity contribution is -0.120. The lowest BCUT2D eigenvalue weighted by atomic mass is 9.95. The molecule has 0 bridgehead atoms. The lowest BCUT2D eigenvalue weighted by Gasteiger charge is -2.23. The van der Waals surface area contributed by atoms with Crippen LogP contribution in [-0.4, -0.2) is 49.0 Å². The maximum absolute atomic E-state index is 13.8. The maximum Gasteiger partial charge on any atom is 0.248 e. The van der Waals surface area contributed by atoms with Crippen LogP contribution in [0, 0.1) is 12.8 Å². The number of carbonyl (C=O) groups excluding carboxylic acids is 2. The Kier molecular flexibility index (Phi) is 9.63. The van der Waals surface area contributed by atoms with Crippen LogP contribution >= 0.6 is 0 Å². The SMILES string of the molecule is CCC(C)C(Nc1ccc2c(cc1=O)C(NC(C)=O)CCc1cc(OC)c(OC)c(OC)c1-2)C(=O)Nc1cc(C)n(C)n1. The Morgan fingerprint density at radius 3 is 2.40 bits per heavy atom. The summed E-state index contributed by atoms with van der Waals surface area (Å²) in [6.45, 7) is 7.30. The monoisotopic (exact) mass is 591 g/mol. The second kappa shape index (κ2) is 13.2. The first-order valence-corrected chi connectivity index (χ1v) is 14.4. The largest absolute Gasteiger partial charge is 0.493 e. The average molecular weight is 592 g/mol. The minimum Gasteiger partial charge on any atom is -0.493 e. The Morgan fingerprint density at radius 1 is 1.09 bits per heavy atom. The predicted octanol–water partition coefficient (Wildman–Crippen LogP) is 4.37. The van der Waals surface area contributed by atoms with E-state index in [2.05, 4.69) is 21.0 Å². The van der Waals surface area contributed by atoms with Gasteiger partial charge in [0, 0.05) is 31.3 Å². The number of amides is 2. The molecule has 43 heavy (non-hydrogen) atoms. The van der Waals surface area contributed by atoms with Gasteiger partial charge in [-0.25, -0.2) is 0 Å². The summed E-state index contributed by atoms with van der Waals surface area (Å²) in [6.07, 6.45) is 1.84. The van der Waals surface area contributed by atoms with Crippen LogP contribution in [0.5, 0.6) is 17.2 Å². The molecule has 1 heterocycles. The zero-order chi connectivity index (χ0) is 31.4. The van der Waals surface area contributed by atoms with E-state index >= 15 is 0 Å². The molecule has 0 spiro atoms. The molecule has 4 rings (SSSR count). The number of aryl methyl sites for hydroxylation is 3. The molecule has 3 atom stereocenters. The van der Waals surface area contributed by atoms with Crippen molar-refractivity contribution in [1.82, 2.24) is 15.1 Å². The third kappa shape index (κ3) is 6.45. The number of fused-ring (bicyclic) bond motifs is 3. The number of hydrogen-bond acceptors (Lipinski definition) is 8. The van der Waals surface area contributed by atoms with Crippen molar-refractivity contribution in [3.05, 3.63) is 57.4 Å². The van der Waals surface area contributed by atoms with Gasteiger partial charge in [-0.15, -0.1) is 0 Å². The molecule has 230 valence electrons. The lowest BCUT2D eigenvalue weighted by Crippen LogP contribution is -2.40. The first-order valence-electron chi connectivity index (χ1n) is 14.4. The Hall–Kier alpha value is -4.54. The Labute approximate surface area is 251 Å². The molecule has 0 aliphatic heterocycles. The van der Waals surface area contributed by atoms with Crippen LogP contribution in [0.25, 0.3) is 11.1 Å². The predicted molar refractivity (Wildman–Crippen MR) is 166 cm³/mol. The number of methoxy groups -OCH3 is 3. The highest BCUT2D eigenvalue weighted by molar-refractivity contribution is 5.96. The van der Waals surface area contributed by atoms with E-state index in [4.69, 9.17) is 14.2 Å². The first kappa shape index (κ1) is 31.4. The highest BCUT2D eigenvalue weighted by atomic mass is 16.5. The number of ether oxygens (including phenoxy) is 3. The fraction of sp³-hybridized carbons (Fsp3) is 0.438. The molecule has 3 N–H and O–H groups in total. The molecule has 11 nitrogen and oxygen atoms in total. The summed E-state index contributed by atoms with van der Waals surface area (Å²) in [7, 11) is 6.47. The highest BCUT2D eigenvalue weighted by Gasteiger charge is 2.30. The maximum atomic E-state index is 13.8. The first-order chi connectivity index (χ1) is 20.5. The topological polar surface area (TPSA) is 133 Å². The van der Waals surface area contributed by atoms with Crippen LogP contribution in [0.2, 0.25) is 0 Å². The molecule has 0 fully saturated rings. The van der Waals surface area contributed by atoms with Crippen LogP contribution in [0.4, 0.5) is 11.5 Å². The zero-order valence-electron chi connectivity index (χ0n) is 26.1. The summed E-state index contributed by atoms with van der Waals surface area (Å²) in [4.78, 5) is 39.5. The fourth-order valence-electron chi connectivity index (χ4n) is 5.52. The van der Waals surface area contributed by atoms with Crippen molar-refractivity contribution in [3.63, 3.8) is 0 Å². The standard InChI is InChI=1S/C32H41N5O6/c1-9-17(2)29(32(40)35-27-14-18(3)37(5)36-27)34-24-13-11-21-22(16-25(24)39)23(33-19(4)38)12-10-20-15-26(41-6)30(42-7)31(43-8)28(20)21/h11,13-17,23,29H,9-10,12H2,1-8H3,(H,33,38)(H,34,39)(H,35,36,40). The van der Waals surface area contributed by atoms with E-state index in [-0.39, 0.29) is 28.8 Å². The van der Waals surface area contributed by atoms with Crippen LogP contribution in [0.1, 0.15) is 56.5 Å². The van der Waals surface area contributed by atoms with Crippen molar-refractivity contribution in [2.24, 2.45) is 13.0 Å². The molecule has 2 aromatic carbocycles. The van der Waals surface area contributed by atoms with E-state index in [1.807, 2.05) is 32.9 Å². The van der Waals surface area contributed by atoms with Gasteiger partial charge in [-0.2, -0.15) is 5.10 Å². The van der Waals surface area contributed by atoms with E-state index < -0.39 is 12.1 Å². The molecular weight excluding hydrogens is 550 g/mol. The number of carbonyl (C=O) groups is 2. The summed E-state index contributed by atoms with van der Waals surface area (Å²) in [5.41, 5.74) is 3.89. The summed E-state index contributed by atoms with van der Waals surface area (Å²) in [6, 6.07) is 7.61. The zero-order valence-corrected chi connectivity index (χ0v) is 26.1. The molecule has 0 radical (unpaired) electrons. The molecule has 3 unspecified atom stereocenters. The van der Waals surface area contributed by atoms with E-state index in [0.717, 1.165) is 16.8 Å². The number of anilines is 2. The number of nitrogens with zero attached hydrogens (tertiary/aromatic N) is 2. The Bertz CT molecular complexity index is 1560. The van der Waals surface area contributed by atoms with Crippen molar-refractivity contribution >= 4 is 23.3 Å². The van der Waals surface area contributed by atoms with Gasteiger partial charge in [0.1, 0.15) is 6.04 Å². The third-order valence-electron chi connectivity index (χ3n) is 8.09. The highest BCUT2D eigenvalue weighted by Crippen LogP contribution is 2.50. The average Bonchev–Trinajstić information content (AvgIpc) is 3.11. The van der Waals surface area contributed by atoms with Crippen molar-refractivity contribution in [2.75, 3.05) is 32.0 Å². The molecule has 0 saturated heterocycles. The van der Waals surface area contributed by atoms with E-state index in [1.165, 1.54) is 13.0 Å². The third-order valence-corrected chi connectivity index (χ3v) is 8.09. The summed E-state index contributed by atoms with van der Waals surface area (Å²) in [5, 5.41) is 13.5. The quantitative estimate of drug-likeness (QED) is 0.317. The number of aromatic nitrogens is 2. The van der Waals surface area contributed by atoms with Gasteiger partial charge in [0.15, 0.2) is 17.3 Å². The second-order valence-electron chi connectivity index (χ2n) is 10.9. The smallest absolute Gasteiger partial charge is 0.248 e. The Morgan fingerprint density at radius 2 is 1.81 bits per heavy atom. The normalized spacial score (nSPS) is 15.2. The second-order valence-corrected chi connectivity index (χ2v) is 10.9. The van der Waals surface area contributed by atoms with Gasteiger partial charge in [0.2, 0.25) is 23.0 Å². The summed E-state index contributed by atoms with van der Waals surface area (Å²) >= 11 is 0. The van der Waals surface area contributed by atoms with Gasteiger partial charge < -0.3 is 30.2 Å². The van der Waals surface area contributed by atoms with Gasteiger partial charge in [0.25, 0.3) is 0 Å². The van der Waals surface area contributed by atoms with E-state index in [9.17, 15) is 14.4 Å². The minimum atomic E-state index is -0.709. The van der Waals surface area contributed by atoms with Crippen molar-refractivity contribution in [3.8, 4) is 28.4 Å². The summed E-state index contributed by atoms with van der Waals surface area (Å²) < 4.78 is 18.8. The van der Waals surface area contributed by atoms with Crippen LogP contribution in [-0.2, 0) is 23.1 Å². The van der Waals surface area contributed by atoms with Gasteiger partial charge in [0.05, 0.1) is 33.1 Å². The molecule has 11 heteroatoms. The van der Waals surface area contributed by atoms with E-state index in [1.54, 1.807) is 45.2 Å².